The van der Waals surface area contributed by atoms with Gasteiger partial charge in [0.15, 0.2) is 0 Å². The lowest BCUT2D eigenvalue weighted by molar-refractivity contribution is 0.00436. The third-order valence-electron chi connectivity index (χ3n) is 3.56. The van der Waals surface area contributed by atoms with Crippen LogP contribution in [0.4, 0.5) is 0 Å². The summed E-state index contributed by atoms with van der Waals surface area (Å²) in [4.78, 5) is 0. The van der Waals surface area contributed by atoms with Crippen molar-refractivity contribution in [3.63, 3.8) is 0 Å². The van der Waals surface area contributed by atoms with E-state index < -0.39 is 5.60 Å². The van der Waals surface area contributed by atoms with Gasteiger partial charge in [0, 0.05) is 19.0 Å². The van der Waals surface area contributed by atoms with Crippen molar-refractivity contribution in [2.45, 2.75) is 51.0 Å². The minimum Gasteiger partial charge on any atom is -0.390 e. The summed E-state index contributed by atoms with van der Waals surface area (Å²) in [6.45, 7) is 1.95. The lowest BCUT2D eigenvalue weighted by Crippen LogP contribution is -2.34. The van der Waals surface area contributed by atoms with Crippen LogP contribution in [0.15, 0.2) is 0 Å². The van der Waals surface area contributed by atoms with Crippen LogP contribution >= 0.6 is 11.6 Å². The molecule has 0 amide bonds. The monoisotopic (exact) mass is 242 g/mol. The normalized spacial score (nSPS) is 20.0. The van der Waals surface area contributed by atoms with E-state index >= 15 is 0 Å². The maximum atomic E-state index is 10.5. The zero-order valence-electron chi connectivity index (χ0n) is 9.96. The third-order valence-corrected chi connectivity index (χ3v) is 4.03. The van der Waals surface area contributed by atoms with Gasteiger partial charge in [-0.2, -0.15) is 5.10 Å². The molecule has 0 aliphatic heterocycles. The summed E-state index contributed by atoms with van der Waals surface area (Å²) in [7, 11) is 1.84. The number of aromatic nitrogens is 2. The van der Waals surface area contributed by atoms with Crippen molar-refractivity contribution in [3.05, 3.63) is 16.4 Å². The van der Waals surface area contributed by atoms with Crippen molar-refractivity contribution in [2.75, 3.05) is 0 Å². The minimum absolute atomic E-state index is 0.560. The molecule has 0 spiro atoms. The quantitative estimate of drug-likeness (QED) is 0.866. The molecule has 0 saturated heterocycles. The van der Waals surface area contributed by atoms with E-state index in [1.165, 1.54) is 6.42 Å². The first-order valence-corrected chi connectivity index (χ1v) is 6.30. The van der Waals surface area contributed by atoms with Crippen molar-refractivity contribution in [1.82, 2.24) is 9.78 Å². The summed E-state index contributed by atoms with van der Waals surface area (Å²) in [5.41, 5.74) is 1.38. The fourth-order valence-corrected chi connectivity index (χ4v) is 2.83. The predicted molar refractivity (Wildman–Crippen MR) is 64.7 cm³/mol. The van der Waals surface area contributed by atoms with Crippen LogP contribution in [0.2, 0.25) is 5.15 Å². The summed E-state index contributed by atoms with van der Waals surface area (Å²) < 4.78 is 1.68. The van der Waals surface area contributed by atoms with E-state index in [0.717, 1.165) is 36.9 Å². The molecule has 2 rings (SSSR count). The molecule has 90 valence electrons. The largest absolute Gasteiger partial charge is 0.390 e. The van der Waals surface area contributed by atoms with Gasteiger partial charge in [-0.25, -0.2) is 0 Å². The molecule has 1 aliphatic carbocycles. The fourth-order valence-electron chi connectivity index (χ4n) is 2.59. The molecular formula is C12H19ClN2O. The van der Waals surface area contributed by atoms with Gasteiger partial charge in [-0.3, -0.25) is 4.68 Å². The molecule has 0 aromatic carbocycles. The maximum absolute atomic E-state index is 10.5. The second kappa shape index (κ2) is 4.38. The smallest absolute Gasteiger partial charge is 0.130 e. The Morgan fingerprint density at radius 1 is 1.38 bits per heavy atom. The maximum Gasteiger partial charge on any atom is 0.130 e. The molecule has 1 saturated carbocycles. The van der Waals surface area contributed by atoms with E-state index in [4.69, 9.17) is 11.6 Å². The number of aryl methyl sites for hydroxylation is 2. The summed E-state index contributed by atoms with van der Waals surface area (Å²) in [5, 5.41) is 15.4. The van der Waals surface area contributed by atoms with Crippen LogP contribution in [-0.4, -0.2) is 20.5 Å². The second-order valence-corrected chi connectivity index (χ2v) is 5.30. The van der Waals surface area contributed by atoms with Gasteiger partial charge in [0.25, 0.3) is 0 Å². The first-order valence-electron chi connectivity index (χ1n) is 5.92. The number of halogens is 1. The molecule has 1 aliphatic rings. The summed E-state index contributed by atoms with van der Waals surface area (Å²) in [6, 6.07) is 0. The van der Waals surface area contributed by atoms with Crippen LogP contribution in [0.1, 0.15) is 43.4 Å². The molecule has 1 heterocycles. The number of rotatable bonds is 2. The zero-order chi connectivity index (χ0) is 11.8. The SMILES string of the molecule is Cc1nn(C)c(Cl)c1CC1(O)CCCCC1. The molecule has 3 nitrogen and oxygen atoms in total. The van der Waals surface area contributed by atoms with Crippen molar-refractivity contribution in [3.8, 4) is 0 Å². The molecule has 0 bridgehead atoms. The first kappa shape index (κ1) is 11.9. The Bertz CT molecular complexity index is 381. The lowest BCUT2D eigenvalue weighted by Gasteiger charge is -2.32. The number of aliphatic hydroxyl groups is 1. The Morgan fingerprint density at radius 3 is 2.50 bits per heavy atom. The molecule has 1 N–H and O–H groups in total. The van der Waals surface area contributed by atoms with Crippen molar-refractivity contribution < 1.29 is 5.11 Å². The number of hydrogen-bond acceptors (Lipinski definition) is 2. The van der Waals surface area contributed by atoms with Crippen LogP contribution in [0, 0.1) is 6.92 Å². The fraction of sp³-hybridized carbons (Fsp3) is 0.750. The number of hydrogen-bond donors (Lipinski definition) is 1. The molecule has 16 heavy (non-hydrogen) atoms. The molecule has 0 radical (unpaired) electrons. The Kier molecular flexibility index (Phi) is 3.27. The van der Waals surface area contributed by atoms with E-state index in [1.54, 1.807) is 4.68 Å². The lowest BCUT2D eigenvalue weighted by atomic mass is 9.81. The summed E-state index contributed by atoms with van der Waals surface area (Å²) in [5.74, 6) is 0. The van der Waals surface area contributed by atoms with E-state index in [2.05, 4.69) is 5.10 Å². The average Bonchev–Trinajstić information content (AvgIpc) is 2.46. The molecule has 1 aromatic heterocycles. The Morgan fingerprint density at radius 2 is 2.00 bits per heavy atom. The second-order valence-electron chi connectivity index (χ2n) is 4.94. The highest BCUT2D eigenvalue weighted by Gasteiger charge is 2.31. The van der Waals surface area contributed by atoms with Gasteiger partial charge in [-0.05, 0) is 19.8 Å². The van der Waals surface area contributed by atoms with Crippen molar-refractivity contribution >= 4 is 11.6 Å². The molecule has 1 aromatic rings. The van der Waals surface area contributed by atoms with Crippen LogP contribution in [-0.2, 0) is 13.5 Å². The van der Waals surface area contributed by atoms with Gasteiger partial charge < -0.3 is 5.11 Å². The van der Waals surface area contributed by atoms with Gasteiger partial charge >= 0.3 is 0 Å². The van der Waals surface area contributed by atoms with Gasteiger partial charge in [0.2, 0.25) is 0 Å². The van der Waals surface area contributed by atoms with Crippen LogP contribution in [0.3, 0.4) is 0 Å². The summed E-state index contributed by atoms with van der Waals surface area (Å²) in [6.07, 6.45) is 5.89. The van der Waals surface area contributed by atoms with Crippen LogP contribution in [0.25, 0.3) is 0 Å². The third kappa shape index (κ3) is 2.25. The highest BCUT2D eigenvalue weighted by atomic mass is 35.5. The number of nitrogens with zero attached hydrogens (tertiary/aromatic N) is 2. The van der Waals surface area contributed by atoms with Crippen molar-refractivity contribution in [2.24, 2.45) is 7.05 Å². The van der Waals surface area contributed by atoms with Crippen molar-refractivity contribution in [1.29, 1.82) is 0 Å². The Labute approximate surface area is 101 Å². The Hall–Kier alpha value is -0.540. The summed E-state index contributed by atoms with van der Waals surface area (Å²) >= 11 is 6.18. The minimum atomic E-state index is -0.560. The molecule has 0 unspecified atom stereocenters. The van der Waals surface area contributed by atoms with Gasteiger partial charge in [0.1, 0.15) is 5.15 Å². The van der Waals surface area contributed by atoms with Gasteiger partial charge in [-0.15, -0.1) is 0 Å². The van der Waals surface area contributed by atoms with E-state index in [0.29, 0.717) is 11.6 Å². The average molecular weight is 243 g/mol. The highest BCUT2D eigenvalue weighted by Crippen LogP contribution is 2.33. The van der Waals surface area contributed by atoms with Crippen LogP contribution in [0.5, 0.6) is 0 Å². The molecule has 1 fully saturated rings. The van der Waals surface area contributed by atoms with E-state index in [1.807, 2.05) is 14.0 Å². The van der Waals surface area contributed by atoms with E-state index in [9.17, 15) is 5.11 Å². The predicted octanol–water partition coefficient (Wildman–Crippen LogP) is 2.62. The molecule has 4 heteroatoms. The van der Waals surface area contributed by atoms with Gasteiger partial charge in [-0.1, -0.05) is 30.9 Å². The first-order chi connectivity index (χ1) is 7.52. The zero-order valence-corrected chi connectivity index (χ0v) is 10.7. The van der Waals surface area contributed by atoms with Gasteiger partial charge in [0.05, 0.1) is 11.3 Å². The Balaban J connectivity index is 2.19. The molecular weight excluding hydrogens is 224 g/mol. The molecule has 0 atom stereocenters. The standard InChI is InChI=1S/C12H19ClN2O/c1-9-10(11(13)15(2)14-9)8-12(16)6-4-3-5-7-12/h16H,3-8H2,1-2H3. The highest BCUT2D eigenvalue weighted by molar-refractivity contribution is 6.30. The van der Waals surface area contributed by atoms with E-state index in [-0.39, 0.29) is 0 Å². The van der Waals surface area contributed by atoms with Crippen LogP contribution < -0.4 is 0 Å². The topological polar surface area (TPSA) is 38.0 Å².